The van der Waals surface area contributed by atoms with E-state index in [1.807, 2.05) is 0 Å². The van der Waals surface area contributed by atoms with Crippen molar-refractivity contribution in [3.8, 4) is 11.7 Å². The van der Waals surface area contributed by atoms with Gasteiger partial charge in [0.2, 0.25) is 5.95 Å². The Morgan fingerprint density at radius 1 is 1.27 bits per heavy atom. The van der Waals surface area contributed by atoms with Crippen LogP contribution < -0.4 is 15.6 Å². The number of ether oxygens (including phenoxy) is 2. The van der Waals surface area contributed by atoms with Gasteiger partial charge in [0.05, 0.1) is 13.7 Å². The van der Waals surface area contributed by atoms with Crippen LogP contribution in [0, 0.1) is 0 Å². The summed E-state index contributed by atoms with van der Waals surface area (Å²) in [5.74, 6) is -0.170. The predicted molar refractivity (Wildman–Crippen MR) is 107 cm³/mol. The number of carbonyl (C=O) groups is 2. The van der Waals surface area contributed by atoms with E-state index in [4.69, 9.17) is 4.74 Å². The molecule has 0 bridgehead atoms. The molecule has 0 radical (unpaired) electrons. The monoisotopic (exact) mass is 409 g/mol. The molecule has 10 heteroatoms. The molecule has 3 rings (SSSR count). The molecule has 0 saturated carbocycles. The molecular weight excluding hydrogens is 390 g/mol. The number of nitrogens with one attached hydrogen (secondary N) is 2. The Hall–Kier alpha value is -4.21. The maximum absolute atomic E-state index is 12.2. The molecule has 154 valence electrons. The average molecular weight is 409 g/mol. The summed E-state index contributed by atoms with van der Waals surface area (Å²) in [7, 11) is 1.31. The molecule has 0 spiro atoms. The normalized spacial score (nSPS) is 10.7. The molecule has 2 aromatic heterocycles. The first kappa shape index (κ1) is 20.5. The lowest BCUT2D eigenvalue weighted by atomic mass is 10.2. The van der Waals surface area contributed by atoms with Crippen LogP contribution in [0.4, 0.5) is 0 Å². The Labute approximate surface area is 171 Å². The number of methoxy groups -OCH3 is 1. The van der Waals surface area contributed by atoms with Crippen LogP contribution in [0.25, 0.3) is 12.0 Å². The van der Waals surface area contributed by atoms with Crippen molar-refractivity contribution in [1.82, 2.24) is 25.1 Å². The predicted octanol–water partition coefficient (Wildman–Crippen LogP) is 0.951. The summed E-state index contributed by atoms with van der Waals surface area (Å²) in [4.78, 5) is 41.9. The fourth-order valence-electron chi connectivity index (χ4n) is 2.39. The number of aromatic nitrogens is 4. The van der Waals surface area contributed by atoms with Crippen molar-refractivity contribution in [2.24, 2.45) is 0 Å². The molecule has 0 fully saturated rings. The quantitative estimate of drug-likeness (QED) is 0.322. The van der Waals surface area contributed by atoms with Gasteiger partial charge in [-0.2, -0.15) is 5.10 Å². The van der Waals surface area contributed by atoms with E-state index in [9.17, 15) is 14.4 Å². The molecule has 3 aromatic rings. The SMILES string of the molecule is COC(=O)/C=C/c1ccc(OCCNC(=O)c2cnc(-n3cccn3)[nH]c2=O)cc1. The van der Waals surface area contributed by atoms with Crippen molar-refractivity contribution >= 4 is 18.0 Å². The molecule has 2 heterocycles. The van der Waals surface area contributed by atoms with E-state index in [0.29, 0.717) is 5.75 Å². The fourth-order valence-corrected chi connectivity index (χ4v) is 2.39. The summed E-state index contributed by atoms with van der Waals surface area (Å²) >= 11 is 0. The van der Waals surface area contributed by atoms with Gasteiger partial charge in [-0.05, 0) is 29.8 Å². The van der Waals surface area contributed by atoms with E-state index in [0.717, 1.165) is 5.56 Å². The number of nitrogens with zero attached hydrogens (tertiary/aromatic N) is 3. The van der Waals surface area contributed by atoms with E-state index in [1.165, 1.54) is 24.1 Å². The molecule has 2 N–H and O–H groups in total. The molecule has 0 aliphatic heterocycles. The van der Waals surface area contributed by atoms with Gasteiger partial charge in [-0.1, -0.05) is 12.1 Å². The highest BCUT2D eigenvalue weighted by molar-refractivity contribution is 5.93. The van der Waals surface area contributed by atoms with E-state index >= 15 is 0 Å². The number of rotatable bonds is 8. The third-order valence-electron chi connectivity index (χ3n) is 3.90. The lowest BCUT2D eigenvalue weighted by molar-refractivity contribution is -0.134. The maximum Gasteiger partial charge on any atom is 0.330 e. The Kier molecular flexibility index (Phi) is 6.72. The highest BCUT2D eigenvalue weighted by atomic mass is 16.5. The number of amides is 1. The third-order valence-corrected chi connectivity index (χ3v) is 3.90. The number of aromatic amines is 1. The third kappa shape index (κ3) is 5.41. The van der Waals surface area contributed by atoms with Gasteiger partial charge in [0.25, 0.3) is 11.5 Å². The summed E-state index contributed by atoms with van der Waals surface area (Å²) in [5, 5.41) is 6.57. The minimum atomic E-state index is -0.565. The van der Waals surface area contributed by atoms with Crippen LogP contribution in [0.3, 0.4) is 0 Å². The van der Waals surface area contributed by atoms with Gasteiger partial charge in [-0.15, -0.1) is 0 Å². The van der Waals surface area contributed by atoms with Crippen molar-refractivity contribution in [3.63, 3.8) is 0 Å². The number of hydrogen-bond acceptors (Lipinski definition) is 7. The minimum Gasteiger partial charge on any atom is -0.492 e. The van der Waals surface area contributed by atoms with Gasteiger partial charge in [0.1, 0.15) is 17.9 Å². The Morgan fingerprint density at radius 2 is 2.07 bits per heavy atom. The summed E-state index contributed by atoms with van der Waals surface area (Å²) < 4.78 is 11.5. The van der Waals surface area contributed by atoms with E-state index in [2.05, 4.69) is 25.1 Å². The van der Waals surface area contributed by atoms with Crippen molar-refractivity contribution in [2.45, 2.75) is 0 Å². The summed E-state index contributed by atoms with van der Waals surface area (Å²) in [6.45, 7) is 0.406. The average Bonchev–Trinajstić information content (AvgIpc) is 3.30. The second-order valence-electron chi connectivity index (χ2n) is 5.93. The molecular formula is C20H19N5O5. The van der Waals surface area contributed by atoms with Crippen LogP contribution >= 0.6 is 0 Å². The second-order valence-corrected chi connectivity index (χ2v) is 5.93. The molecule has 30 heavy (non-hydrogen) atoms. The summed E-state index contributed by atoms with van der Waals surface area (Å²) in [6.07, 6.45) is 7.32. The van der Waals surface area contributed by atoms with Crippen LogP contribution in [0.1, 0.15) is 15.9 Å². The number of hydrogen-bond donors (Lipinski definition) is 2. The fraction of sp³-hybridized carbons (Fsp3) is 0.150. The lowest BCUT2D eigenvalue weighted by Crippen LogP contribution is -2.33. The number of esters is 1. The van der Waals surface area contributed by atoms with E-state index < -0.39 is 17.4 Å². The molecule has 0 aliphatic rings. The van der Waals surface area contributed by atoms with Crippen molar-refractivity contribution in [2.75, 3.05) is 20.3 Å². The smallest absolute Gasteiger partial charge is 0.330 e. The van der Waals surface area contributed by atoms with Crippen LogP contribution in [0.2, 0.25) is 0 Å². The van der Waals surface area contributed by atoms with Gasteiger partial charge in [-0.3, -0.25) is 14.6 Å². The highest BCUT2D eigenvalue weighted by Crippen LogP contribution is 2.13. The van der Waals surface area contributed by atoms with Gasteiger partial charge >= 0.3 is 5.97 Å². The summed E-state index contributed by atoms with van der Waals surface area (Å²) in [5.41, 5.74) is 0.142. The Bertz CT molecular complexity index is 1090. The van der Waals surface area contributed by atoms with Crippen LogP contribution in [0.5, 0.6) is 5.75 Å². The molecule has 0 saturated heterocycles. The first-order valence-corrected chi connectivity index (χ1v) is 8.93. The molecule has 0 aliphatic carbocycles. The number of benzene rings is 1. The highest BCUT2D eigenvalue weighted by Gasteiger charge is 2.12. The second kappa shape index (κ2) is 9.82. The molecule has 1 aromatic carbocycles. The first-order valence-electron chi connectivity index (χ1n) is 8.93. The van der Waals surface area contributed by atoms with Crippen molar-refractivity contribution in [3.05, 3.63) is 76.5 Å². The maximum atomic E-state index is 12.2. The van der Waals surface area contributed by atoms with Crippen LogP contribution in [-0.4, -0.2) is 51.9 Å². The van der Waals surface area contributed by atoms with Gasteiger partial charge in [0, 0.05) is 24.7 Å². The van der Waals surface area contributed by atoms with Crippen molar-refractivity contribution < 1.29 is 19.1 Å². The summed E-state index contributed by atoms with van der Waals surface area (Å²) in [6, 6.07) is 8.72. The number of carbonyl (C=O) groups excluding carboxylic acids is 2. The molecule has 0 unspecified atom stereocenters. The molecule has 0 atom stereocenters. The zero-order valence-corrected chi connectivity index (χ0v) is 16.1. The molecule has 1 amide bonds. The molecule has 10 nitrogen and oxygen atoms in total. The van der Waals surface area contributed by atoms with E-state index in [-0.39, 0.29) is 24.7 Å². The topological polar surface area (TPSA) is 128 Å². The van der Waals surface area contributed by atoms with Crippen LogP contribution in [0.15, 0.2) is 59.8 Å². The van der Waals surface area contributed by atoms with Gasteiger partial charge < -0.3 is 14.8 Å². The minimum absolute atomic E-state index is 0.104. The Morgan fingerprint density at radius 3 is 2.73 bits per heavy atom. The standard InChI is InChI=1S/C20H19N5O5/c1-29-17(26)8-5-14-3-6-15(7-4-14)30-12-10-21-18(27)16-13-22-20(24-19(16)28)25-11-2-9-23-25/h2-9,11,13H,10,12H2,1H3,(H,21,27)(H,22,24,28)/b8-5+. The van der Waals surface area contributed by atoms with E-state index in [1.54, 1.807) is 48.8 Å². The van der Waals surface area contributed by atoms with Gasteiger partial charge in [0.15, 0.2) is 0 Å². The zero-order chi connectivity index (χ0) is 21.3. The zero-order valence-electron chi connectivity index (χ0n) is 16.1. The first-order chi connectivity index (χ1) is 14.6. The van der Waals surface area contributed by atoms with Gasteiger partial charge in [-0.25, -0.2) is 14.5 Å². The van der Waals surface area contributed by atoms with Crippen molar-refractivity contribution in [1.29, 1.82) is 0 Å². The van der Waals surface area contributed by atoms with Crippen LogP contribution in [-0.2, 0) is 9.53 Å². The number of H-pyrrole nitrogens is 1. The largest absolute Gasteiger partial charge is 0.492 e. The lowest BCUT2D eigenvalue weighted by Gasteiger charge is -2.08. The Balaban J connectivity index is 1.47.